The number of hydrogen-bond acceptors (Lipinski definition) is 1. The maximum atomic E-state index is 13.4. The van der Waals surface area contributed by atoms with Gasteiger partial charge in [-0.1, -0.05) is 18.2 Å². The number of rotatable bonds is 4. The lowest BCUT2D eigenvalue weighted by molar-refractivity contribution is -0.117. The summed E-state index contributed by atoms with van der Waals surface area (Å²) in [6.45, 7) is 0. The molecule has 0 saturated carbocycles. The Labute approximate surface area is 122 Å². The Bertz CT molecular complexity index is 656. The van der Waals surface area contributed by atoms with Gasteiger partial charge in [-0.3, -0.25) is 4.79 Å². The Hall–Kier alpha value is -1.62. The van der Waals surface area contributed by atoms with E-state index >= 15 is 0 Å². The Morgan fingerprint density at radius 2 is 1.65 bits per heavy atom. The molecular formula is C15H10BrF3O. The van der Waals surface area contributed by atoms with Gasteiger partial charge in [0.2, 0.25) is 0 Å². The number of halogens is 4. The number of carbonyl (C=O) groups is 1. The van der Waals surface area contributed by atoms with Crippen molar-refractivity contribution >= 4 is 21.7 Å². The molecule has 0 N–H and O–H groups in total. The standard InChI is InChI=1S/C15H10BrF3O/c16-15-10(2-1-3-13(15)18)7-12(20)6-9-4-5-11(17)8-14(9)19/h1-5,8H,6-7H2. The van der Waals surface area contributed by atoms with Gasteiger partial charge >= 0.3 is 0 Å². The molecule has 0 fully saturated rings. The molecule has 0 saturated heterocycles. The Kier molecular flexibility index (Phi) is 4.60. The molecule has 0 aliphatic heterocycles. The normalized spacial score (nSPS) is 10.6. The first kappa shape index (κ1) is 14.8. The summed E-state index contributed by atoms with van der Waals surface area (Å²) in [6, 6.07) is 7.47. The third kappa shape index (κ3) is 3.48. The molecule has 104 valence electrons. The van der Waals surface area contributed by atoms with Crippen molar-refractivity contribution in [3.05, 3.63) is 69.4 Å². The molecule has 0 unspecified atom stereocenters. The second kappa shape index (κ2) is 6.22. The van der Waals surface area contributed by atoms with Crippen molar-refractivity contribution in [2.75, 3.05) is 0 Å². The quantitative estimate of drug-likeness (QED) is 0.812. The smallest absolute Gasteiger partial charge is 0.141 e. The van der Waals surface area contributed by atoms with Crippen LogP contribution in [0.5, 0.6) is 0 Å². The molecule has 0 radical (unpaired) electrons. The van der Waals surface area contributed by atoms with Crippen LogP contribution in [0.2, 0.25) is 0 Å². The SMILES string of the molecule is O=C(Cc1ccc(F)cc1F)Cc1cccc(F)c1Br. The summed E-state index contributed by atoms with van der Waals surface area (Å²) in [6.07, 6.45) is -0.176. The molecule has 0 aliphatic carbocycles. The molecule has 0 amide bonds. The number of benzene rings is 2. The summed E-state index contributed by atoms with van der Waals surface area (Å²) in [5, 5.41) is 0. The van der Waals surface area contributed by atoms with Crippen LogP contribution >= 0.6 is 15.9 Å². The van der Waals surface area contributed by atoms with Gasteiger partial charge in [-0.15, -0.1) is 0 Å². The van der Waals surface area contributed by atoms with Crippen LogP contribution in [0.1, 0.15) is 11.1 Å². The lowest BCUT2D eigenvalue weighted by atomic mass is 10.0. The van der Waals surface area contributed by atoms with Gasteiger partial charge in [-0.25, -0.2) is 13.2 Å². The highest BCUT2D eigenvalue weighted by molar-refractivity contribution is 9.10. The third-order valence-electron chi connectivity index (χ3n) is 2.82. The van der Waals surface area contributed by atoms with Gasteiger partial charge in [0.1, 0.15) is 23.2 Å². The van der Waals surface area contributed by atoms with Gasteiger partial charge in [0.15, 0.2) is 0 Å². The van der Waals surface area contributed by atoms with Crippen LogP contribution in [0.3, 0.4) is 0 Å². The maximum absolute atomic E-state index is 13.4. The van der Waals surface area contributed by atoms with Gasteiger partial charge in [0.25, 0.3) is 0 Å². The first-order valence-electron chi connectivity index (χ1n) is 5.86. The Morgan fingerprint density at radius 1 is 0.950 bits per heavy atom. The van der Waals surface area contributed by atoms with E-state index in [0.717, 1.165) is 12.1 Å². The minimum atomic E-state index is -0.753. The van der Waals surface area contributed by atoms with E-state index in [1.54, 1.807) is 6.07 Å². The number of ketones is 1. The second-order valence-electron chi connectivity index (χ2n) is 4.34. The zero-order chi connectivity index (χ0) is 14.7. The average molecular weight is 343 g/mol. The molecule has 2 rings (SSSR count). The van der Waals surface area contributed by atoms with Crippen molar-refractivity contribution in [1.82, 2.24) is 0 Å². The van der Waals surface area contributed by atoms with Crippen molar-refractivity contribution in [3.8, 4) is 0 Å². The van der Waals surface area contributed by atoms with Crippen molar-refractivity contribution in [3.63, 3.8) is 0 Å². The van der Waals surface area contributed by atoms with Gasteiger partial charge in [0, 0.05) is 18.9 Å². The highest BCUT2D eigenvalue weighted by Crippen LogP contribution is 2.21. The van der Waals surface area contributed by atoms with Crippen molar-refractivity contribution in [1.29, 1.82) is 0 Å². The van der Waals surface area contributed by atoms with Gasteiger partial charge in [-0.05, 0) is 39.2 Å². The van der Waals surface area contributed by atoms with E-state index in [4.69, 9.17) is 0 Å². The predicted molar refractivity (Wildman–Crippen MR) is 72.9 cm³/mol. The fourth-order valence-corrected chi connectivity index (χ4v) is 2.24. The van der Waals surface area contributed by atoms with Gasteiger partial charge < -0.3 is 0 Å². The van der Waals surface area contributed by atoms with E-state index in [2.05, 4.69) is 15.9 Å². The minimum Gasteiger partial charge on any atom is -0.299 e. The number of Topliss-reactive ketones (excluding diaryl/α,β-unsaturated/α-hetero) is 1. The van der Waals surface area contributed by atoms with Crippen LogP contribution in [-0.4, -0.2) is 5.78 Å². The number of hydrogen-bond donors (Lipinski definition) is 0. The molecule has 1 nitrogen and oxygen atoms in total. The molecule has 0 heterocycles. The largest absolute Gasteiger partial charge is 0.299 e. The minimum absolute atomic E-state index is 0.0187. The van der Waals surface area contributed by atoms with Crippen LogP contribution in [0.4, 0.5) is 13.2 Å². The summed E-state index contributed by atoms with van der Waals surface area (Å²) >= 11 is 3.07. The average Bonchev–Trinajstić information content (AvgIpc) is 2.38. The van der Waals surface area contributed by atoms with E-state index in [1.165, 1.54) is 18.2 Å². The van der Waals surface area contributed by atoms with Crippen LogP contribution < -0.4 is 0 Å². The Morgan fingerprint density at radius 3 is 2.35 bits per heavy atom. The second-order valence-corrected chi connectivity index (χ2v) is 5.13. The first-order valence-corrected chi connectivity index (χ1v) is 6.65. The summed E-state index contributed by atoms with van der Waals surface area (Å²) in [5.74, 6) is -2.17. The molecule has 0 spiro atoms. The summed E-state index contributed by atoms with van der Waals surface area (Å²) in [7, 11) is 0. The van der Waals surface area contributed by atoms with Crippen LogP contribution in [-0.2, 0) is 17.6 Å². The first-order chi connectivity index (χ1) is 9.47. The molecule has 2 aromatic rings. The Balaban J connectivity index is 2.11. The monoisotopic (exact) mass is 342 g/mol. The molecule has 5 heteroatoms. The van der Waals surface area contributed by atoms with E-state index in [-0.39, 0.29) is 28.7 Å². The lowest BCUT2D eigenvalue weighted by Crippen LogP contribution is -2.09. The van der Waals surface area contributed by atoms with E-state index in [1.807, 2.05) is 0 Å². The fraction of sp³-hybridized carbons (Fsp3) is 0.133. The van der Waals surface area contributed by atoms with Crippen LogP contribution in [0.15, 0.2) is 40.9 Å². The van der Waals surface area contributed by atoms with E-state index < -0.39 is 17.5 Å². The molecule has 2 aromatic carbocycles. The summed E-state index contributed by atoms with van der Waals surface area (Å²) in [5.41, 5.74) is 0.626. The van der Waals surface area contributed by atoms with E-state index in [9.17, 15) is 18.0 Å². The highest BCUT2D eigenvalue weighted by atomic mass is 79.9. The third-order valence-corrected chi connectivity index (χ3v) is 3.71. The summed E-state index contributed by atoms with van der Waals surface area (Å²) in [4.78, 5) is 11.9. The number of carbonyl (C=O) groups excluding carboxylic acids is 1. The molecule has 0 aliphatic rings. The highest BCUT2D eigenvalue weighted by Gasteiger charge is 2.13. The predicted octanol–water partition coefficient (Wildman–Crippen LogP) is 4.22. The van der Waals surface area contributed by atoms with E-state index in [0.29, 0.717) is 5.56 Å². The van der Waals surface area contributed by atoms with Crippen molar-refractivity contribution in [2.45, 2.75) is 12.8 Å². The topological polar surface area (TPSA) is 17.1 Å². The molecule has 0 aromatic heterocycles. The lowest BCUT2D eigenvalue weighted by Gasteiger charge is -2.06. The zero-order valence-corrected chi connectivity index (χ0v) is 11.9. The molecule has 0 bridgehead atoms. The van der Waals surface area contributed by atoms with Gasteiger partial charge in [0.05, 0.1) is 4.47 Å². The van der Waals surface area contributed by atoms with Crippen LogP contribution in [0, 0.1) is 17.5 Å². The fourth-order valence-electron chi connectivity index (χ4n) is 1.84. The maximum Gasteiger partial charge on any atom is 0.141 e. The van der Waals surface area contributed by atoms with Gasteiger partial charge in [-0.2, -0.15) is 0 Å². The zero-order valence-electron chi connectivity index (χ0n) is 10.3. The summed E-state index contributed by atoms with van der Waals surface area (Å²) < 4.78 is 39.7. The molecular weight excluding hydrogens is 333 g/mol. The molecule has 0 atom stereocenters. The molecule has 20 heavy (non-hydrogen) atoms. The van der Waals surface area contributed by atoms with Crippen molar-refractivity contribution < 1.29 is 18.0 Å². The van der Waals surface area contributed by atoms with Crippen molar-refractivity contribution in [2.24, 2.45) is 0 Å². The van der Waals surface area contributed by atoms with Crippen LogP contribution in [0.25, 0.3) is 0 Å².